The summed E-state index contributed by atoms with van der Waals surface area (Å²) in [4.78, 5) is 5.67. The summed E-state index contributed by atoms with van der Waals surface area (Å²) >= 11 is 1.63. The molecule has 0 aliphatic heterocycles. The Morgan fingerprint density at radius 2 is 1.85 bits per heavy atom. The third-order valence-corrected chi connectivity index (χ3v) is 4.28. The molecule has 20 heavy (non-hydrogen) atoms. The van der Waals surface area contributed by atoms with Gasteiger partial charge >= 0.3 is 0 Å². The van der Waals surface area contributed by atoms with E-state index in [1.165, 1.54) is 17.0 Å². The monoisotopic (exact) mass is 296 g/mol. The van der Waals surface area contributed by atoms with E-state index in [0.717, 1.165) is 23.3 Å². The lowest BCUT2D eigenvalue weighted by Crippen LogP contribution is -2.23. The fourth-order valence-electron chi connectivity index (χ4n) is 2.13. The highest BCUT2D eigenvalue weighted by Gasteiger charge is 2.16. The molecule has 1 aromatic carbocycles. The highest BCUT2D eigenvalue weighted by atomic mass is 32.1. The van der Waals surface area contributed by atoms with Crippen LogP contribution in [0.1, 0.15) is 34.1 Å². The molecule has 0 amide bonds. The van der Waals surface area contributed by atoms with Crippen molar-refractivity contribution in [3.05, 3.63) is 51.0 Å². The van der Waals surface area contributed by atoms with E-state index >= 15 is 0 Å². The van der Waals surface area contributed by atoms with Crippen LogP contribution in [0.5, 0.6) is 0 Å². The van der Waals surface area contributed by atoms with Gasteiger partial charge < -0.3 is 5.32 Å². The molecular formula is C15H18F2N2S. The summed E-state index contributed by atoms with van der Waals surface area (Å²) in [6, 6.07) is 3.52. The van der Waals surface area contributed by atoms with Gasteiger partial charge in [-0.3, -0.25) is 0 Å². The van der Waals surface area contributed by atoms with Crippen molar-refractivity contribution in [3.63, 3.8) is 0 Å². The predicted molar refractivity (Wildman–Crippen MR) is 78.1 cm³/mol. The average molecular weight is 296 g/mol. The summed E-state index contributed by atoms with van der Waals surface area (Å²) < 4.78 is 26.7. The first-order chi connectivity index (χ1) is 9.49. The average Bonchev–Trinajstić information content (AvgIpc) is 2.66. The number of rotatable bonds is 5. The van der Waals surface area contributed by atoms with Crippen molar-refractivity contribution < 1.29 is 8.78 Å². The minimum Gasteiger partial charge on any atom is -0.310 e. The van der Waals surface area contributed by atoms with Gasteiger partial charge in [-0.25, -0.2) is 13.8 Å². The molecule has 1 aromatic heterocycles. The molecule has 0 aliphatic rings. The molecule has 1 unspecified atom stereocenters. The summed E-state index contributed by atoms with van der Waals surface area (Å²) in [6.45, 7) is 6.70. The van der Waals surface area contributed by atoms with Crippen LogP contribution in [-0.4, -0.2) is 11.5 Å². The highest BCUT2D eigenvalue weighted by Crippen LogP contribution is 2.24. The lowest BCUT2D eigenvalue weighted by atomic mass is 10.0. The van der Waals surface area contributed by atoms with Gasteiger partial charge in [0.2, 0.25) is 0 Å². The van der Waals surface area contributed by atoms with E-state index in [2.05, 4.69) is 10.3 Å². The van der Waals surface area contributed by atoms with Crippen LogP contribution < -0.4 is 5.32 Å². The van der Waals surface area contributed by atoms with Gasteiger partial charge in [0, 0.05) is 23.4 Å². The molecule has 0 radical (unpaired) electrons. The number of nitrogens with one attached hydrogen (secondary N) is 1. The maximum atomic E-state index is 13.4. The molecule has 1 heterocycles. The lowest BCUT2D eigenvalue weighted by Gasteiger charge is -2.17. The Bertz CT molecular complexity index is 556. The molecule has 0 aliphatic carbocycles. The van der Waals surface area contributed by atoms with Crippen molar-refractivity contribution >= 4 is 11.3 Å². The van der Waals surface area contributed by atoms with Gasteiger partial charge in [-0.15, -0.1) is 11.3 Å². The number of aryl methyl sites for hydroxylation is 2. The molecular weight excluding hydrogens is 278 g/mol. The zero-order valence-corrected chi connectivity index (χ0v) is 12.7. The summed E-state index contributed by atoms with van der Waals surface area (Å²) in [5.41, 5.74) is 1.64. The smallest absolute Gasteiger partial charge is 0.126 e. The topological polar surface area (TPSA) is 24.9 Å². The molecule has 0 saturated heterocycles. The zero-order valence-electron chi connectivity index (χ0n) is 11.8. The second kappa shape index (κ2) is 6.41. The summed E-state index contributed by atoms with van der Waals surface area (Å²) in [6.07, 6.45) is 0.635. The third-order valence-electron chi connectivity index (χ3n) is 3.19. The molecule has 2 rings (SSSR count). The molecule has 2 aromatic rings. The van der Waals surface area contributed by atoms with Crippen LogP contribution in [0.25, 0.3) is 0 Å². The normalized spacial score (nSPS) is 12.7. The zero-order chi connectivity index (χ0) is 14.7. The standard InChI is InChI=1S/C15H18F2N2S/c1-4-18-14(8-15-19-9(2)10(3)20-15)11-5-12(16)7-13(17)6-11/h5-7,14,18H,4,8H2,1-3H3. The molecule has 0 spiro atoms. The number of halogens is 2. The summed E-state index contributed by atoms with van der Waals surface area (Å²) in [5.74, 6) is -1.09. The minimum atomic E-state index is -0.547. The SMILES string of the molecule is CCNC(Cc1nc(C)c(C)s1)c1cc(F)cc(F)c1. The second-order valence-corrected chi connectivity index (χ2v) is 6.05. The van der Waals surface area contributed by atoms with Crippen LogP contribution in [0.4, 0.5) is 8.78 Å². The Hall–Kier alpha value is -1.33. The van der Waals surface area contributed by atoms with E-state index in [9.17, 15) is 8.78 Å². The van der Waals surface area contributed by atoms with E-state index in [-0.39, 0.29) is 6.04 Å². The first-order valence-electron chi connectivity index (χ1n) is 6.62. The number of thiazole rings is 1. The van der Waals surface area contributed by atoms with E-state index < -0.39 is 11.6 Å². The second-order valence-electron chi connectivity index (χ2n) is 4.77. The fraction of sp³-hybridized carbons (Fsp3) is 0.400. The van der Waals surface area contributed by atoms with Crippen LogP contribution in [-0.2, 0) is 6.42 Å². The number of likely N-dealkylation sites (N-methyl/N-ethyl adjacent to an activating group) is 1. The van der Waals surface area contributed by atoms with Crippen molar-refractivity contribution in [2.75, 3.05) is 6.54 Å². The maximum absolute atomic E-state index is 13.4. The van der Waals surface area contributed by atoms with Crippen molar-refractivity contribution in [3.8, 4) is 0 Å². The Morgan fingerprint density at radius 1 is 1.20 bits per heavy atom. The van der Waals surface area contributed by atoms with E-state index in [1.54, 1.807) is 11.3 Å². The lowest BCUT2D eigenvalue weighted by molar-refractivity contribution is 0.528. The van der Waals surface area contributed by atoms with Crippen molar-refractivity contribution in [1.82, 2.24) is 10.3 Å². The van der Waals surface area contributed by atoms with Gasteiger partial charge in [0.15, 0.2) is 0 Å². The van der Waals surface area contributed by atoms with Gasteiger partial charge in [-0.2, -0.15) is 0 Å². The molecule has 1 atom stereocenters. The van der Waals surface area contributed by atoms with Gasteiger partial charge in [0.25, 0.3) is 0 Å². The number of nitrogens with zero attached hydrogens (tertiary/aromatic N) is 1. The van der Waals surface area contributed by atoms with Crippen molar-refractivity contribution in [1.29, 1.82) is 0 Å². The maximum Gasteiger partial charge on any atom is 0.126 e. The summed E-state index contributed by atoms with van der Waals surface area (Å²) in [7, 11) is 0. The first-order valence-corrected chi connectivity index (χ1v) is 7.43. The first kappa shape index (κ1) is 15.1. The van der Waals surface area contributed by atoms with E-state index in [1.807, 2.05) is 20.8 Å². The fourth-order valence-corrected chi connectivity index (χ4v) is 3.11. The number of hydrogen-bond donors (Lipinski definition) is 1. The van der Waals surface area contributed by atoms with Gasteiger partial charge in [0.05, 0.1) is 10.7 Å². The summed E-state index contributed by atoms with van der Waals surface area (Å²) in [5, 5.41) is 4.25. The van der Waals surface area contributed by atoms with Crippen molar-refractivity contribution in [2.45, 2.75) is 33.2 Å². The molecule has 5 heteroatoms. The van der Waals surface area contributed by atoms with Crippen LogP contribution in [0.15, 0.2) is 18.2 Å². The number of benzene rings is 1. The molecule has 0 bridgehead atoms. The van der Waals surface area contributed by atoms with Crippen molar-refractivity contribution in [2.24, 2.45) is 0 Å². The van der Waals surface area contributed by atoms with Crippen LogP contribution in [0.3, 0.4) is 0 Å². The molecule has 1 N–H and O–H groups in total. The number of hydrogen-bond acceptors (Lipinski definition) is 3. The van der Waals surface area contributed by atoms with E-state index in [0.29, 0.717) is 12.0 Å². The van der Waals surface area contributed by atoms with Gasteiger partial charge in [-0.1, -0.05) is 6.92 Å². The highest BCUT2D eigenvalue weighted by molar-refractivity contribution is 7.11. The molecule has 2 nitrogen and oxygen atoms in total. The largest absolute Gasteiger partial charge is 0.310 e. The van der Waals surface area contributed by atoms with Gasteiger partial charge in [-0.05, 0) is 38.1 Å². The van der Waals surface area contributed by atoms with Gasteiger partial charge in [0.1, 0.15) is 11.6 Å². The molecule has 108 valence electrons. The minimum absolute atomic E-state index is 0.129. The Morgan fingerprint density at radius 3 is 2.35 bits per heavy atom. The third kappa shape index (κ3) is 3.61. The Balaban J connectivity index is 2.26. The predicted octanol–water partition coefficient (Wildman–Crippen LogP) is 3.93. The van der Waals surface area contributed by atoms with Crippen LogP contribution in [0.2, 0.25) is 0 Å². The molecule has 0 fully saturated rings. The van der Waals surface area contributed by atoms with Crippen LogP contribution >= 0.6 is 11.3 Å². The van der Waals surface area contributed by atoms with Crippen LogP contribution in [0, 0.1) is 25.5 Å². The van der Waals surface area contributed by atoms with E-state index in [4.69, 9.17) is 0 Å². The Labute approximate surface area is 121 Å². The Kier molecular flexibility index (Phi) is 4.83. The quantitative estimate of drug-likeness (QED) is 0.904. The molecule has 0 saturated carbocycles. The number of aromatic nitrogens is 1.